The second-order valence-corrected chi connectivity index (χ2v) is 5.02. The molecule has 0 bridgehead atoms. The first-order chi connectivity index (χ1) is 7.68. The van der Waals surface area contributed by atoms with Crippen LogP contribution >= 0.6 is 15.9 Å². The Kier molecular flexibility index (Phi) is 3.67. The third-order valence-electron chi connectivity index (χ3n) is 2.93. The SMILES string of the molecule is CCCC1(c2ccc(Br)c(C)c2)OCCO1. The first kappa shape index (κ1) is 12.1. The van der Waals surface area contributed by atoms with Crippen LogP contribution in [0.4, 0.5) is 0 Å². The predicted molar refractivity (Wildman–Crippen MR) is 67.4 cm³/mol. The molecule has 1 aromatic carbocycles. The van der Waals surface area contributed by atoms with Crippen LogP contribution in [-0.2, 0) is 15.3 Å². The van der Waals surface area contributed by atoms with Crippen LogP contribution in [0.1, 0.15) is 30.9 Å². The molecule has 1 fully saturated rings. The Morgan fingerprint density at radius 2 is 2.00 bits per heavy atom. The van der Waals surface area contributed by atoms with Crippen LogP contribution in [-0.4, -0.2) is 13.2 Å². The summed E-state index contributed by atoms with van der Waals surface area (Å²) in [5.41, 5.74) is 2.35. The van der Waals surface area contributed by atoms with Gasteiger partial charge in [0.1, 0.15) is 0 Å². The largest absolute Gasteiger partial charge is 0.343 e. The Morgan fingerprint density at radius 1 is 1.31 bits per heavy atom. The van der Waals surface area contributed by atoms with E-state index < -0.39 is 5.79 Å². The van der Waals surface area contributed by atoms with Crippen molar-refractivity contribution in [3.8, 4) is 0 Å². The molecule has 16 heavy (non-hydrogen) atoms. The highest BCUT2D eigenvalue weighted by Crippen LogP contribution is 2.37. The average Bonchev–Trinajstić information content (AvgIpc) is 2.72. The molecular weight excluding hydrogens is 268 g/mol. The summed E-state index contributed by atoms with van der Waals surface area (Å²) >= 11 is 3.51. The lowest BCUT2D eigenvalue weighted by atomic mass is 9.99. The fourth-order valence-electron chi connectivity index (χ4n) is 2.12. The summed E-state index contributed by atoms with van der Waals surface area (Å²) in [6.07, 6.45) is 1.96. The van der Waals surface area contributed by atoms with E-state index in [0.717, 1.165) is 22.9 Å². The molecule has 0 N–H and O–H groups in total. The molecule has 1 aromatic rings. The van der Waals surface area contributed by atoms with Crippen molar-refractivity contribution in [1.82, 2.24) is 0 Å². The molecule has 0 radical (unpaired) electrons. The normalized spacial score (nSPS) is 18.9. The molecule has 0 aliphatic carbocycles. The van der Waals surface area contributed by atoms with E-state index in [9.17, 15) is 0 Å². The van der Waals surface area contributed by atoms with E-state index in [1.54, 1.807) is 0 Å². The van der Waals surface area contributed by atoms with Gasteiger partial charge in [0.05, 0.1) is 13.2 Å². The van der Waals surface area contributed by atoms with E-state index in [2.05, 4.69) is 48.0 Å². The van der Waals surface area contributed by atoms with E-state index in [0.29, 0.717) is 13.2 Å². The van der Waals surface area contributed by atoms with Gasteiger partial charge in [-0.25, -0.2) is 0 Å². The minimum atomic E-state index is -0.500. The van der Waals surface area contributed by atoms with E-state index in [1.165, 1.54) is 5.56 Å². The van der Waals surface area contributed by atoms with Crippen LogP contribution in [0.3, 0.4) is 0 Å². The zero-order valence-electron chi connectivity index (χ0n) is 9.75. The standard InChI is InChI=1S/C13H17BrO2/c1-3-6-13(15-7-8-16-13)11-4-5-12(14)10(2)9-11/h4-5,9H,3,6-8H2,1-2H3. The van der Waals surface area contributed by atoms with E-state index in [4.69, 9.17) is 9.47 Å². The average molecular weight is 285 g/mol. The topological polar surface area (TPSA) is 18.5 Å². The summed E-state index contributed by atoms with van der Waals surface area (Å²) in [6.45, 7) is 5.62. The van der Waals surface area contributed by atoms with Gasteiger partial charge in [0.2, 0.25) is 0 Å². The quantitative estimate of drug-likeness (QED) is 0.842. The fourth-order valence-corrected chi connectivity index (χ4v) is 2.37. The summed E-state index contributed by atoms with van der Waals surface area (Å²) < 4.78 is 12.8. The van der Waals surface area contributed by atoms with Crippen LogP contribution in [0.15, 0.2) is 22.7 Å². The molecule has 0 spiro atoms. The van der Waals surface area contributed by atoms with Crippen molar-refractivity contribution in [3.05, 3.63) is 33.8 Å². The maximum absolute atomic E-state index is 5.82. The lowest BCUT2D eigenvalue weighted by Gasteiger charge is -2.28. The van der Waals surface area contributed by atoms with Crippen molar-refractivity contribution >= 4 is 15.9 Å². The third-order valence-corrected chi connectivity index (χ3v) is 3.82. The summed E-state index contributed by atoms with van der Waals surface area (Å²) in [4.78, 5) is 0. The minimum absolute atomic E-state index is 0.500. The molecule has 3 heteroatoms. The van der Waals surface area contributed by atoms with Gasteiger partial charge in [-0.3, -0.25) is 0 Å². The molecule has 88 valence electrons. The van der Waals surface area contributed by atoms with Gasteiger partial charge in [0, 0.05) is 16.5 Å². The zero-order valence-corrected chi connectivity index (χ0v) is 11.3. The smallest absolute Gasteiger partial charge is 0.194 e. The Morgan fingerprint density at radius 3 is 2.56 bits per heavy atom. The number of halogens is 1. The molecule has 0 amide bonds. The molecule has 1 heterocycles. The van der Waals surface area contributed by atoms with Gasteiger partial charge in [-0.1, -0.05) is 35.3 Å². The number of aryl methyl sites for hydroxylation is 1. The second-order valence-electron chi connectivity index (χ2n) is 4.16. The first-order valence-corrected chi connectivity index (χ1v) is 6.52. The zero-order chi connectivity index (χ0) is 11.6. The van der Waals surface area contributed by atoms with Crippen LogP contribution < -0.4 is 0 Å². The Labute approximate surface area is 105 Å². The Hall–Kier alpha value is -0.380. The Bertz CT molecular complexity index is 370. The molecule has 2 nitrogen and oxygen atoms in total. The molecule has 1 saturated heterocycles. The van der Waals surface area contributed by atoms with Crippen LogP contribution in [0, 0.1) is 6.92 Å². The van der Waals surface area contributed by atoms with Gasteiger partial charge in [0.25, 0.3) is 0 Å². The van der Waals surface area contributed by atoms with Gasteiger partial charge in [0.15, 0.2) is 5.79 Å². The number of hydrogen-bond donors (Lipinski definition) is 0. The number of rotatable bonds is 3. The molecule has 0 saturated carbocycles. The lowest BCUT2D eigenvalue weighted by molar-refractivity contribution is -0.171. The van der Waals surface area contributed by atoms with Crippen molar-refractivity contribution in [1.29, 1.82) is 0 Å². The molecule has 1 aliphatic rings. The third kappa shape index (κ3) is 2.17. The summed E-state index contributed by atoms with van der Waals surface area (Å²) in [7, 11) is 0. The monoisotopic (exact) mass is 284 g/mol. The second kappa shape index (κ2) is 4.86. The first-order valence-electron chi connectivity index (χ1n) is 5.72. The number of hydrogen-bond acceptors (Lipinski definition) is 2. The maximum Gasteiger partial charge on any atom is 0.194 e. The van der Waals surface area contributed by atoms with E-state index in [1.807, 2.05) is 0 Å². The maximum atomic E-state index is 5.82. The van der Waals surface area contributed by atoms with Gasteiger partial charge < -0.3 is 9.47 Å². The summed E-state index contributed by atoms with van der Waals surface area (Å²) in [5.74, 6) is -0.500. The molecule has 0 atom stereocenters. The summed E-state index contributed by atoms with van der Waals surface area (Å²) in [5, 5.41) is 0. The number of ether oxygens (including phenoxy) is 2. The molecule has 0 aromatic heterocycles. The molecule has 1 aliphatic heterocycles. The van der Waals surface area contributed by atoms with Crippen molar-refractivity contribution in [2.75, 3.05) is 13.2 Å². The highest BCUT2D eigenvalue weighted by Gasteiger charge is 2.37. The Balaban J connectivity index is 2.35. The molecule has 2 rings (SSSR count). The lowest BCUT2D eigenvalue weighted by Crippen LogP contribution is -2.26. The number of benzene rings is 1. The fraction of sp³-hybridized carbons (Fsp3) is 0.538. The molecular formula is C13H17BrO2. The van der Waals surface area contributed by atoms with Gasteiger partial charge >= 0.3 is 0 Å². The van der Waals surface area contributed by atoms with Crippen LogP contribution in [0.5, 0.6) is 0 Å². The van der Waals surface area contributed by atoms with Crippen molar-refractivity contribution in [2.45, 2.75) is 32.5 Å². The van der Waals surface area contributed by atoms with Crippen LogP contribution in [0.2, 0.25) is 0 Å². The van der Waals surface area contributed by atoms with Crippen molar-refractivity contribution < 1.29 is 9.47 Å². The van der Waals surface area contributed by atoms with Gasteiger partial charge in [-0.05, 0) is 24.6 Å². The van der Waals surface area contributed by atoms with Gasteiger partial charge in [-0.15, -0.1) is 0 Å². The van der Waals surface area contributed by atoms with Gasteiger partial charge in [-0.2, -0.15) is 0 Å². The highest BCUT2D eigenvalue weighted by atomic mass is 79.9. The minimum Gasteiger partial charge on any atom is -0.343 e. The van der Waals surface area contributed by atoms with Crippen LogP contribution in [0.25, 0.3) is 0 Å². The molecule has 0 unspecified atom stereocenters. The van der Waals surface area contributed by atoms with E-state index >= 15 is 0 Å². The van der Waals surface area contributed by atoms with E-state index in [-0.39, 0.29) is 0 Å². The predicted octanol–water partition coefficient (Wildman–Crippen LogP) is 3.76. The van der Waals surface area contributed by atoms with Crippen molar-refractivity contribution in [3.63, 3.8) is 0 Å². The van der Waals surface area contributed by atoms with Crippen molar-refractivity contribution in [2.24, 2.45) is 0 Å². The summed E-state index contributed by atoms with van der Waals surface area (Å²) in [6, 6.07) is 6.29. The highest BCUT2D eigenvalue weighted by molar-refractivity contribution is 9.10.